The van der Waals surface area contributed by atoms with E-state index in [0.29, 0.717) is 6.04 Å². The van der Waals surface area contributed by atoms with Crippen molar-refractivity contribution in [2.45, 2.75) is 51.3 Å². The highest BCUT2D eigenvalue weighted by Crippen LogP contribution is 2.32. The Morgan fingerprint density at radius 2 is 2.10 bits per heavy atom. The van der Waals surface area contributed by atoms with Crippen LogP contribution < -0.4 is 10.1 Å². The quantitative estimate of drug-likeness (QED) is 0.746. The number of benzene rings is 1. The molecule has 0 saturated heterocycles. The fourth-order valence-corrected chi connectivity index (χ4v) is 4.19. The third-order valence-electron chi connectivity index (χ3n) is 4.40. The van der Waals surface area contributed by atoms with Crippen LogP contribution in [0.5, 0.6) is 5.75 Å². The van der Waals surface area contributed by atoms with Gasteiger partial charge >= 0.3 is 0 Å². The van der Waals surface area contributed by atoms with Crippen molar-refractivity contribution >= 4 is 11.8 Å². The van der Waals surface area contributed by atoms with Gasteiger partial charge in [-0.15, -0.1) is 0 Å². The average Bonchev–Trinajstić information content (AvgIpc) is 3.01. The molecule has 1 aliphatic carbocycles. The molecule has 1 atom stereocenters. The minimum atomic E-state index is 0.388. The number of nitrogens with one attached hydrogen (secondary N) is 1. The first-order valence-electron chi connectivity index (χ1n) is 8.25. The van der Waals surface area contributed by atoms with Crippen molar-refractivity contribution < 1.29 is 4.74 Å². The Balaban J connectivity index is 1.99. The van der Waals surface area contributed by atoms with Gasteiger partial charge in [0.25, 0.3) is 0 Å². The van der Waals surface area contributed by atoms with Gasteiger partial charge in [0.1, 0.15) is 5.75 Å². The fourth-order valence-electron chi connectivity index (χ4n) is 2.96. The van der Waals surface area contributed by atoms with E-state index < -0.39 is 0 Å². The van der Waals surface area contributed by atoms with E-state index in [1.807, 2.05) is 7.05 Å². The maximum Gasteiger partial charge on any atom is 0.123 e. The van der Waals surface area contributed by atoms with E-state index in [1.165, 1.54) is 42.6 Å². The summed E-state index contributed by atoms with van der Waals surface area (Å²) in [4.78, 5) is 0. The summed E-state index contributed by atoms with van der Waals surface area (Å²) in [5, 5.41) is 3.31. The molecule has 1 saturated carbocycles. The predicted molar refractivity (Wildman–Crippen MR) is 93.2 cm³/mol. The number of rotatable bonds is 8. The van der Waals surface area contributed by atoms with E-state index in [0.717, 1.165) is 24.0 Å². The zero-order valence-corrected chi connectivity index (χ0v) is 14.5. The molecule has 0 aromatic heterocycles. The standard InChI is InChI=1S/C18H29NOS/c1-4-20-18-10-9-16(14(2)19-3)11-17(18)13-21-12-15-7-5-6-8-15/h9-11,14-15,19H,4-8,12-13H2,1-3H3. The van der Waals surface area contributed by atoms with Crippen molar-refractivity contribution in [3.8, 4) is 5.75 Å². The molecule has 1 aliphatic rings. The molecule has 3 heteroatoms. The Kier molecular flexibility index (Phi) is 6.91. The van der Waals surface area contributed by atoms with Crippen molar-refractivity contribution in [3.05, 3.63) is 29.3 Å². The van der Waals surface area contributed by atoms with Gasteiger partial charge in [0.15, 0.2) is 0 Å². The molecule has 2 nitrogen and oxygen atoms in total. The molecule has 1 fully saturated rings. The highest BCUT2D eigenvalue weighted by molar-refractivity contribution is 7.98. The molecule has 2 rings (SSSR count). The van der Waals surface area contributed by atoms with Gasteiger partial charge < -0.3 is 10.1 Å². The van der Waals surface area contributed by atoms with Crippen molar-refractivity contribution in [2.75, 3.05) is 19.4 Å². The summed E-state index contributed by atoms with van der Waals surface area (Å²) in [5.41, 5.74) is 2.69. The van der Waals surface area contributed by atoms with E-state index >= 15 is 0 Å². The van der Waals surface area contributed by atoms with Crippen molar-refractivity contribution in [2.24, 2.45) is 5.92 Å². The molecule has 0 bridgehead atoms. The first-order chi connectivity index (χ1) is 10.2. The van der Waals surface area contributed by atoms with Crippen molar-refractivity contribution in [1.29, 1.82) is 0 Å². The molecule has 1 N–H and O–H groups in total. The van der Waals surface area contributed by atoms with Crippen LogP contribution in [-0.4, -0.2) is 19.4 Å². The molecular formula is C18H29NOS. The second-order valence-electron chi connectivity index (χ2n) is 5.98. The average molecular weight is 308 g/mol. The van der Waals surface area contributed by atoms with E-state index in [-0.39, 0.29) is 0 Å². The van der Waals surface area contributed by atoms with Crippen LogP contribution in [0.1, 0.15) is 56.7 Å². The second-order valence-corrected chi connectivity index (χ2v) is 7.01. The van der Waals surface area contributed by atoms with Crippen molar-refractivity contribution in [3.63, 3.8) is 0 Å². The van der Waals surface area contributed by atoms with Crippen LogP contribution in [-0.2, 0) is 5.75 Å². The van der Waals surface area contributed by atoms with E-state index in [1.54, 1.807) is 0 Å². The van der Waals surface area contributed by atoms with E-state index in [9.17, 15) is 0 Å². The first-order valence-corrected chi connectivity index (χ1v) is 9.40. The molecule has 21 heavy (non-hydrogen) atoms. The molecule has 0 amide bonds. The third kappa shape index (κ3) is 4.93. The minimum Gasteiger partial charge on any atom is -0.494 e. The lowest BCUT2D eigenvalue weighted by molar-refractivity contribution is 0.337. The smallest absolute Gasteiger partial charge is 0.123 e. The molecule has 1 unspecified atom stereocenters. The number of hydrogen-bond donors (Lipinski definition) is 1. The van der Waals surface area contributed by atoms with Crippen LogP contribution in [0.15, 0.2) is 18.2 Å². The lowest BCUT2D eigenvalue weighted by Crippen LogP contribution is -2.12. The molecule has 0 radical (unpaired) electrons. The van der Waals surface area contributed by atoms with Gasteiger partial charge in [-0.3, -0.25) is 0 Å². The summed E-state index contributed by atoms with van der Waals surface area (Å²) in [6.07, 6.45) is 5.74. The zero-order chi connectivity index (χ0) is 15.1. The maximum absolute atomic E-state index is 5.79. The van der Waals surface area contributed by atoms with Crippen LogP contribution in [0.2, 0.25) is 0 Å². The topological polar surface area (TPSA) is 21.3 Å². The van der Waals surface area contributed by atoms with E-state index in [4.69, 9.17) is 4.74 Å². The summed E-state index contributed by atoms with van der Waals surface area (Å²) in [7, 11) is 2.01. The fraction of sp³-hybridized carbons (Fsp3) is 0.667. The van der Waals surface area contributed by atoms with E-state index in [2.05, 4.69) is 49.1 Å². The SMILES string of the molecule is CCOc1ccc(C(C)NC)cc1CSCC1CCCC1. The minimum absolute atomic E-state index is 0.388. The van der Waals surface area contributed by atoms with Crippen LogP contribution in [0.4, 0.5) is 0 Å². The van der Waals surface area contributed by atoms with Gasteiger partial charge in [0.2, 0.25) is 0 Å². The summed E-state index contributed by atoms with van der Waals surface area (Å²) < 4.78 is 5.79. The number of ether oxygens (including phenoxy) is 1. The normalized spacial score (nSPS) is 17.1. The summed E-state index contributed by atoms with van der Waals surface area (Å²) in [5.74, 6) is 4.38. The van der Waals surface area contributed by atoms with Crippen LogP contribution in [0, 0.1) is 5.92 Å². The Labute approximate surface area is 134 Å². The zero-order valence-electron chi connectivity index (χ0n) is 13.7. The second kappa shape index (κ2) is 8.70. The molecule has 0 spiro atoms. The summed E-state index contributed by atoms with van der Waals surface area (Å²) >= 11 is 2.07. The molecule has 0 heterocycles. The highest BCUT2D eigenvalue weighted by atomic mass is 32.2. The molecule has 1 aromatic carbocycles. The number of hydrogen-bond acceptors (Lipinski definition) is 3. The van der Waals surface area contributed by atoms with Gasteiger partial charge in [0.05, 0.1) is 6.61 Å². The Morgan fingerprint density at radius 1 is 1.33 bits per heavy atom. The Bertz CT molecular complexity index is 429. The van der Waals surface area contributed by atoms with Gasteiger partial charge in [-0.2, -0.15) is 11.8 Å². The maximum atomic E-state index is 5.79. The van der Waals surface area contributed by atoms with Gasteiger partial charge in [0, 0.05) is 17.4 Å². The molecular weight excluding hydrogens is 278 g/mol. The number of thioether (sulfide) groups is 1. The van der Waals surface area contributed by atoms with Gasteiger partial charge in [-0.05, 0) is 63.1 Å². The first kappa shape index (κ1) is 16.7. The Morgan fingerprint density at radius 3 is 2.76 bits per heavy atom. The lowest BCUT2D eigenvalue weighted by Gasteiger charge is -2.16. The molecule has 0 aliphatic heterocycles. The van der Waals surface area contributed by atoms with Gasteiger partial charge in [-0.25, -0.2) is 0 Å². The summed E-state index contributed by atoms with van der Waals surface area (Å²) in [6, 6.07) is 7.02. The summed E-state index contributed by atoms with van der Waals surface area (Å²) in [6.45, 7) is 4.99. The Hall–Kier alpha value is -0.670. The third-order valence-corrected chi connectivity index (χ3v) is 5.63. The van der Waals surface area contributed by atoms with Crippen molar-refractivity contribution in [1.82, 2.24) is 5.32 Å². The monoisotopic (exact) mass is 307 g/mol. The predicted octanol–water partition coefficient (Wildman–Crippen LogP) is 4.79. The molecule has 118 valence electrons. The van der Waals surface area contributed by atoms with Gasteiger partial charge in [-0.1, -0.05) is 18.9 Å². The molecule has 1 aromatic rings. The van der Waals surface area contributed by atoms with Crippen LogP contribution in [0.3, 0.4) is 0 Å². The van der Waals surface area contributed by atoms with Crippen LogP contribution >= 0.6 is 11.8 Å². The lowest BCUT2D eigenvalue weighted by atomic mass is 10.1. The highest BCUT2D eigenvalue weighted by Gasteiger charge is 2.15. The van der Waals surface area contributed by atoms with Crippen LogP contribution in [0.25, 0.3) is 0 Å². The largest absolute Gasteiger partial charge is 0.494 e.